The van der Waals surface area contributed by atoms with Crippen LogP contribution in [-0.2, 0) is 11.3 Å². The molecule has 178 valence electrons. The number of anilines is 3. The molecule has 9 nitrogen and oxygen atoms in total. The molecule has 0 bridgehead atoms. The molecule has 2 aromatic heterocycles. The van der Waals surface area contributed by atoms with Gasteiger partial charge in [0.2, 0.25) is 5.95 Å². The highest BCUT2D eigenvalue weighted by Crippen LogP contribution is 2.25. The minimum Gasteiger partial charge on any atom is -0.382 e. The number of nitrogens with two attached hydrogens (primary N) is 1. The van der Waals surface area contributed by atoms with Crippen molar-refractivity contribution in [1.82, 2.24) is 24.4 Å². The Morgan fingerprint density at radius 2 is 1.97 bits per heavy atom. The third kappa shape index (κ3) is 5.21. The van der Waals surface area contributed by atoms with Crippen molar-refractivity contribution in [2.24, 2.45) is 4.99 Å². The summed E-state index contributed by atoms with van der Waals surface area (Å²) < 4.78 is 7.31. The molecule has 1 aliphatic rings. The minimum absolute atomic E-state index is 0.317. The van der Waals surface area contributed by atoms with Crippen LogP contribution in [-0.4, -0.2) is 56.4 Å². The molecule has 1 aliphatic heterocycles. The highest BCUT2D eigenvalue weighted by Gasteiger charge is 2.14. The van der Waals surface area contributed by atoms with Crippen molar-refractivity contribution in [2.45, 2.75) is 13.5 Å². The number of nitrogens with one attached hydrogen (secondary N) is 1. The van der Waals surface area contributed by atoms with Crippen molar-refractivity contribution >= 4 is 40.0 Å². The van der Waals surface area contributed by atoms with Gasteiger partial charge in [-0.3, -0.25) is 14.5 Å². The Kier molecular flexibility index (Phi) is 6.51. The van der Waals surface area contributed by atoms with Crippen LogP contribution in [0.2, 0.25) is 0 Å². The van der Waals surface area contributed by atoms with Crippen LogP contribution in [0.5, 0.6) is 0 Å². The summed E-state index contributed by atoms with van der Waals surface area (Å²) in [7, 11) is 0. The number of nitrogen functional groups attached to an aromatic ring is 1. The summed E-state index contributed by atoms with van der Waals surface area (Å²) in [6, 6.07) is 16.1. The van der Waals surface area contributed by atoms with Gasteiger partial charge in [0.15, 0.2) is 17.0 Å². The fourth-order valence-electron chi connectivity index (χ4n) is 3.97. The van der Waals surface area contributed by atoms with Crippen molar-refractivity contribution in [1.29, 1.82) is 0 Å². The summed E-state index contributed by atoms with van der Waals surface area (Å²) in [4.78, 5) is 20.5. The number of hydrogen-bond donors (Lipinski definition) is 2. The second-order valence-corrected chi connectivity index (χ2v) is 8.41. The number of morpholine rings is 1. The molecule has 1 fully saturated rings. The highest BCUT2D eigenvalue weighted by atomic mass is 16.5. The predicted octanol–water partition coefficient (Wildman–Crippen LogP) is 4.25. The largest absolute Gasteiger partial charge is 0.382 e. The van der Waals surface area contributed by atoms with Gasteiger partial charge in [-0.15, -0.1) is 0 Å². The number of allylic oxidation sites excluding steroid dienone is 1. The Balaban J connectivity index is 1.39. The quantitative estimate of drug-likeness (QED) is 0.391. The van der Waals surface area contributed by atoms with Gasteiger partial charge in [-0.1, -0.05) is 24.8 Å². The van der Waals surface area contributed by atoms with Crippen LogP contribution < -0.4 is 11.1 Å². The van der Waals surface area contributed by atoms with Crippen molar-refractivity contribution < 1.29 is 4.74 Å². The van der Waals surface area contributed by atoms with E-state index in [1.807, 2.05) is 47.9 Å². The van der Waals surface area contributed by atoms with Gasteiger partial charge in [0.05, 0.1) is 24.6 Å². The van der Waals surface area contributed by atoms with Crippen LogP contribution in [0.1, 0.15) is 12.5 Å². The lowest BCUT2D eigenvalue weighted by atomic mass is 10.2. The molecule has 0 saturated carbocycles. The number of nitrogens with zero attached hydrogens (tertiary/aromatic N) is 6. The summed E-state index contributed by atoms with van der Waals surface area (Å²) in [6.07, 6.45) is 3.42. The van der Waals surface area contributed by atoms with E-state index in [9.17, 15) is 0 Å². The number of aromatic nitrogens is 4. The van der Waals surface area contributed by atoms with Crippen LogP contribution in [0.4, 0.5) is 23.1 Å². The first-order valence-corrected chi connectivity index (χ1v) is 11.5. The molecule has 1 saturated heterocycles. The Labute approximate surface area is 204 Å². The molecule has 0 radical (unpaired) electrons. The van der Waals surface area contributed by atoms with Crippen LogP contribution in [0.3, 0.4) is 0 Å². The van der Waals surface area contributed by atoms with E-state index in [0.717, 1.165) is 55.6 Å². The molecule has 4 aromatic rings. The zero-order valence-electron chi connectivity index (χ0n) is 19.7. The molecule has 0 spiro atoms. The first-order valence-electron chi connectivity index (χ1n) is 11.5. The molecule has 0 atom stereocenters. The molecule has 0 amide bonds. The van der Waals surface area contributed by atoms with Gasteiger partial charge in [-0.05, 0) is 48.9 Å². The molecule has 0 aliphatic carbocycles. The lowest BCUT2D eigenvalue weighted by Crippen LogP contribution is -2.35. The van der Waals surface area contributed by atoms with Crippen molar-refractivity contribution in [2.75, 3.05) is 37.4 Å². The maximum atomic E-state index is 6.23. The number of imidazole rings is 1. The first kappa shape index (κ1) is 22.7. The Morgan fingerprint density at radius 3 is 2.74 bits per heavy atom. The van der Waals surface area contributed by atoms with Crippen LogP contribution in [0, 0.1) is 0 Å². The first-order chi connectivity index (χ1) is 17.1. The van der Waals surface area contributed by atoms with E-state index in [-0.39, 0.29) is 0 Å². The smallest absolute Gasteiger partial charge is 0.231 e. The fourth-order valence-corrected chi connectivity index (χ4v) is 3.97. The van der Waals surface area contributed by atoms with Gasteiger partial charge >= 0.3 is 0 Å². The average molecular weight is 469 g/mol. The maximum Gasteiger partial charge on any atom is 0.231 e. The van der Waals surface area contributed by atoms with E-state index in [1.54, 1.807) is 12.4 Å². The summed E-state index contributed by atoms with van der Waals surface area (Å²) in [5, 5.41) is 3.27. The summed E-state index contributed by atoms with van der Waals surface area (Å²) >= 11 is 0. The normalized spacial score (nSPS) is 14.8. The monoisotopic (exact) mass is 468 g/mol. The molecule has 2 aromatic carbocycles. The zero-order chi connectivity index (χ0) is 24.2. The number of benzene rings is 2. The van der Waals surface area contributed by atoms with Crippen LogP contribution in [0.15, 0.2) is 72.5 Å². The van der Waals surface area contributed by atoms with Gasteiger partial charge in [0.1, 0.15) is 6.33 Å². The standard InChI is InChI=1S/C26H28N8O/c1-3-18(2)29-21-5-4-6-22(15-21)34-17-28-23-24(27)31-26(32-25(23)34)30-20-9-7-19(8-10-20)16-33-11-13-35-14-12-33/h3-10,15,17H,1,11-14,16H2,2H3,(H3,27,30,31,32). The lowest BCUT2D eigenvalue weighted by Gasteiger charge is -2.26. The van der Waals surface area contributed by atoms with Crippen molar-refractivity contribution in [3.05, 3.63) is 73.1 Å². The zero-order valence-corrected chi connectivity index (χ0v) is 19.7. The number of aliphatic imine (C=N–C) groups is 1. The fraction of sp³-hybridized carbons (Fsp3) is 0.231. The molecule has 9 heteroatoms. The molecular formula is C26H28N8O. The molecule has 3 N–H and O–H groups in total. The van der Waals surface area contributed by atoms with Crippen LogP contribution >= 0.6 is 0 Å². The number of hydrogen-bond acceptors (Lipinski definition) is 8. The molecule has 5 rings (SSSR count). The summed E-state index contributed by atoms with van der Waals surface area (Å²) in [5.41, 5.74) is 12.1. The van der Waals surface area contributed by atoms with E-state index < -0.39 is 0 Å². The van der Waals surface area contributed by atoms with E-state index in [4.69, 9.17) is 15.5 Å². The Hall–Kier alpha value is -4.08. The molecule has 0 unspecified atom stereocenters. The molecular weight excluding hydrogens is 440 g/mol. The second-order valence-electron chi connectivity index (χ2n) is 8.41. The van der Waals surface area contributed by atoms with Gasteiger partial charge in [0.25, 0.3) is 0 Å². The van der Waals surface area contributed by atoms with Gasteiger partial charge in [0, 0.05) is 31.0 Å². The van der Waals surface area contributed by atoms with E-state index >= 15 is 0 Å². The van der Waals surface area contributed by atoms with E-state index in [1.165, 1.54) is 5.56 Å². The molecule has 3 heterocycles. The summed E-state index contributed by atoms with van der Waals surface area (Å²) in [6.45, 7) is 10.1. The maximum absolute atomic E-state index is 6.23. The SMILES string of the molecule is C=CC(C)=Nc1cccc(-n2cnc3c(N)nc(Nc4ccc(CN5CCOCC5)cc4)nc32)c1. The Morgan fingerprint density at radius 1 is 1.17 bits per heavy atom. The van der Waals surface area contributed by atoms with Crippen LogP contribution in [0.25, 0.3) is 16.9 Å². The topological polar surface area (TPSA) is 106 Å². The van der Waals surface area contributed by atoms with Crippen molar-refractivity contribution in [3.8, 4) is 5.69 Å². The molecule has 35 heavy (non-hydrogen) atoms. The number of rotatable bonds is 7. The number of fused-ring (bicyclic) bond motifs is 1. The van der Waals surface area contributed by atoms with Crippen molar-refractivity contribution in [3.63, 3.8) is 0 Å². The van der Waals surface area contributed by atoms with Gasteiger partial charge in [-0.2, -0.15) is 9.97 Å². The summed E-state index contributed by atoms with van der Waals surface area (Å²) in [5.74, 6) is 0.728. The van der Waals surface area contributed by atoms with Gasteiger partial charge < -0.3 is 15.8 Å². The van der Waals surface area contributed by atoms with Gasteiger partial charge in [-0.25, -0.2) is 4.98 Å². The average Bonchev–Trinajstić information content (AvgIpc) is 3.31. The highest BCUT2D eigenvalue weighted by molar-refractivity contribution is 5.94. The number of ether oxygens (including phenoxy) is 1. The minimum atomic E-state index is 0.317. The lowest BCUT2D eigenvalue weighted by molar-refractivity contribution is 0.0342. The second kappa shape index (κ2) is 10.0. The Bertz CT molecular complexity index is 1370. The third-order valence-corrected chi connectivity index (χ3v) is 5.85. The van der Waals surface area contributed by atoms with E-state index in [2.05, 4.69) is 43.9 Å². The third-order valence-electron chi connectivity index (χ3n) is 5.85. The van der Waals surface area contributed by atoms with E-state index in [0.29, 0.717) is 22.9 Å². The predicted molar refractivity (Wildman–Crippen MR) is 140 cm³/mol.